The molecule has 7 nitrogen and oxygen atoms in total. The first-order valence-electron chi connectivity index (χ1n) is 9.70. The molecule has 0 saturated carbocycles. The van der Waals surface area contributed by atoms with Crippen LogP contribution in [0.25, 0.3) is 0 Å². The van der Waals surface area contributed by atoms with Gasteiger partial charge in [0.05, 0.1) is 25.4 Å². The number of amides is 1. The van der Waals surface area contributed by atoms with Crippen molar-refractivity contribution in [1.82, 2.24) is 20.5 Å². The fraction of sp³-hybridized carbons (Fsp3) is 0.130. The van der Waals surface area contributed by atoms with Crippen LogP contribution in [0.2, 0.25) is 0 Å². The highest BCUT2D eigenvalue weighted by Crippen LogP contribution is 2.22. The third kappa shape index (κ3) is 5.30. The molecule has 0 fully saturated rings. The number of anilines is 1. The van der Waals surface area contributed by atoms with Crippen molar-refractivity contribution in [3.05, 3.63) is 100 Å². The number of carbonyl (C=O) groups is 1. The van der Waals surface area contributed by atoms with Crippen LogP contribution in [-0.2, 0) is 6.54 Å². The van der Waals surface area contributed by atoms with Crippen LogP contribution in [0.1, 0.15) is 32.1 Å². The molecule has 4 aromatic rings. The van der Waals surface area contributed by atoms with E-state index in [1.807, 2.05) is 36.4 Å². The van der Waals surface area contributed by atoms with E-state index < -0.39 is 0 Å². The van der Waals surface area contributed by atoms with Gasteiger partial charge in [-0.3, -0.25) is 15.1 Å². The van der Waals surface area contributed by atoms with Crippen molar-refractivity contribution in [2.24, 2.45) is 0 Å². The molecule has 2 N–H and O–H groups in total. The van der Waals surface area contributed by atoms with Gasteiger partial charge >= 0.3 is 0 Å². The van der Waals surface area contributed by atoms with E-state index in [0.717, 1.165) is 22.0 Å². The zero-order chi connectivity index (χ0) is 21.5. The molecule has 0 saturated heterocycles. The fourth-order valence-corrected chi connectivity index (χ4v) is 3.74. The van der Waals surface area contributed by atoms with Crippen molar-refractivity contribution in [3.8, 4) is 5.75 Å². The van der Waals surface area contributed by atoms with Crippen LogP contribution in [0.3, 0.4) is 0 Å². The maximum atomic E-state index is 12.5. The highest BCUT2D eigenvalue weighted by Gasteiger charge is 2.17. The van der Waals surface area contributed by atoms with Gasteiger partial charge in [-0.15, -0.1) is 10.2 Å². The summed E-state index contributed by atoms with van der Waals surface area (Å²) in [5.74, 6) is 0.432. The van der Waals surface area contributed by atoms with E-state index in [4.69, 9.17) is 4.74 Å². The minimum atomic E-state index is -0.293. The van der Waals surface area contributed by atoms with Crippen LogP contribution in [-0.4, -0.2) is 28.2 Å². The van der Waals surface area contributed by atoms with Crippen molar-refractivity contribution in [1.29, 1.82) is 0 Å². The van der Waals surface area contributed by atoms with Gasteiger partial charge in [-0.1, -0.05) is 47.7 Å². The Hall–Kier alpha value is -3.62. The van der Waals surface area contributed by atoms with E-state index in [-0.39, 0.29) is 11.9 Å². The third-order valence-corrected chi connectivity index (χ3v) is 5.50. The van der Waals surface area contributed by atoms with E-state index in [9.17, 15) is 4.79 Å². The van der Waals surface area contributed by atoms with Gasteiger partial charge in [0.15, 0.2) is 0 Å². The fourth-order valence-electron chi connectivity index (χ4n) is 3.05. The molecule has 156 valence electrons. The predicted molar refractivity (Wildman–Crippen MR) is 120 cm³/mol. The van der Waals surface area contributed by atoms with Gasteiger partial charge < -0.3 is 10.1 Å². The number of carbonyl (C=O) groups excluding carboxylic acids is 1. The lowest BCUT2D eigenvalue weighted by Gasteiger charge is -2.18. The number of nitrogens with one attached hydrogen (secondary N) is 2. The van der Waals surface area contributed by atoms with Gasteiger partial charge in [0.2, 0.25) is 5.01 Å². The second kappa shape index (κ2) is 9.92. The molecule has 2 aromatic heterocycles. The second-order valence-electron chi connectivity index (χ2n) is 6.66. The average Bonchev–Trinajstić information content (AvgIpc) is 3.30. The summed E-state index contributed by atoms with van der Waals surface area (Å²) in [6.45, 7) is 0.462. The summed E-state index contributed by atoms with van der Waals surface area (Å²) in [5.41, 5.74) is 2.68. The monoisotopic (exact) mass is 431 g/mol. The summed E-state index contributed by atoms with van der Waals surface area (Å²) < 4.78 is 5.13. The first-order valence-corrected chi connectivity index (χ1v) is 10.5. The Kier molecular flexibility index (Phi) is 6.61. The Bertz CT molecular complexity index is 1080. The highest BCUT2D eigenvalue weighted by atomic mass is 32.1. The molecule has 2 heterocycles. The first kappa shape index (κ1) is 20.6. The van der Waals surface area contributed by atoms with Gasteiger partial charge in [-0.05, 0) is 42.0 Å². The van der Waals surface area contributed by atoms with E-state index >= 15 is 0 Å². The van der Waals surface area contributed by atoms with Crippen LogP contribution in [0.15, 0.2) is 79.0 Å². The molecule has 4 rings (SSSR count). The molecule has 0 spiro atoms. The normalized spacial score (nSPS) is 11.6. The molecule has 1 unspecified atom stereocenters. The number of pyridine rings is 1. The average molecular weight is 432 g/mol. The van der Waals surface area contributed by atoms with Gasteiger partial charge in [0, 0.05) is 11.9 Å². The molecule has 0 aliphatic heterocycles. The predicted octanol–water partition coefficient (Wildman–Crippen LogP) is 4.07. The van der Waals surface area contributed by atoms with Crippen LogP contribution >= 0.6 is 11.3 Å². The lowest BCUT2D eigenvalue weighted by Crippen LogP contribution is -2.22. The zero-order valence-electron chi connectivity index (χ0n) is 16.9. The SMILES string of the molecule is COc1ccc(NC(=O)c2nnc(CNC(c3ccccc3)c3ccccn3)s2)cc1. The smallest absolute Gasteiger partial charge is 0.286 e. The first-order chi connectivity index (χ1) is 15.2. The molecular weight excluding hydrogens is 410 g/mol. The summed E-state index contributed by atoms with van der Waals surface area (Å²) in [6.07, 6.45) is 1.78. The van der Waals surface area contributed by atoms with Crippen molar-refractivity contribution >= 4 is 22.9 Å². The van der Waals surface area contributed by atoms with E-state index in [1.54, 1.807) is 37.6 Å². The van der Waals surface area contributed by atoms with Gasteiger partial charge in [-0.25, -0.2) is 0 Å². The maximum Gasteiger partial charge on any atom is 0.286 e. The largest absolute Gasteiger partial charge is 0.497 e. The lowest BCUT2D eigenvalue weighted by atomic mass is 10.0. The van der Waals surface area contributed by atoms with Crippen LogP contribution in [0, 0.1) is 0 Å². The number of methoxy groups -OCH3 is 1. The molecule has 2 aromatic carbocycles. The Labute approximate surface area is 184 Å². The van der Waals surface area contributed by atoms with Crippen LogP contribution in [0.5, 0.6) is 5.75 Å². The highest BCUT2D eigenvalue weighted by molar-refractivity contribution is 7.13. The van der Waals surface area contributed by atoms with Crippen LogP contribution < -0.4 is 15.4 Å². The Morgan fingerprint density at radius 3 is 2.48 bits per heavy atom. The third-order valence-electron chi connectivity index (χ3n) is 4.58. The topological polar surface area (TPSA) is 89.0 Å². The summed E-state index contributed by atoms with van der Waals surface area (Å²) in [7, 11) is 1.60. The molecule has 0 bridgehead atoms. The quantitative estimate of drug-likeness (QED) is 0.437. The second-order valence-corrected chi connectivity index (χ2v) is 7.72. The zero-order valence-corrected chi connectivity index (χ0v) is 17.7. The molecule has 1 atom stereocenters. The van der Waals surface area contributed by atoms with E-state index in [0.29, 0.717) is 17.2 Å². The molecular formula is C23H21N5O2S. The molecule has 0 aliphatic carbocycles. The van der Waals surface area contributed by atoms with E-state index in [1.165, 1.54) is 11.3 Å². The standard InChI is InChI=1S/C23H21N5O2S/c1-30-18-12-10-17(11-13-18)26-22(29)23-28-27-20(31-23)15-25-21(16-7-3-2-4-8-16)19-9-5-6-14-24-19/h2-14,21,25H,15H2,1H3,(H,26,29). The summed E-state index contributed by atoms with van der Waals surface area (Å²) in [6, 6.07) is 23.0. The Morgan fingerprint density at radius 2 is 1.77 bits per heavy atom. The number of aromatic nitrogens is 3. The summed E-state index contributed by atoms with van der Waals surface area (Å²) in [4.78, 5) is 17.0. The Morgan fingerprint density at radius 1 is 1.00 bits per heavy atom. The summed E-state index contributed by atoms with van der Waals surface area (Å²) >= 11 is 1.26. The van der Waals surface area contributed by atoms with E-state index in [2.05, 4.69) is 37.9 Å². The number of hydrogen-bond acceptors (Lipinski definition) is 7. The van der Waals surface area contributed by atoms with Crippen molar-refractivity contribution in [2.45, 2.75) is 12.6 Å². The minimum absolute atomic E-state index is 0.0946. The van der Waals surface area contributed by atoms with Gasteiger partial charge in [0.25, 0.3) is 5.91 Å². The molecule has 8 heteroatoms. The number of ether oxygens (including phenoxy) is 1. The number of hydrogen-bond donors (Lipinski definition) is 2. The maximum absolute atomic E-state index is 12.5. The number of rotatable bonds is 8. The van der Waals surface area contributed by atoms with Crippen molar-refractivity contribution in [2.75, 3.05) is 12.4 Å². The molecule has 0 aliphatic rings. The Balaban J connectivity index is 1.43. The summed E-state index contributed by atoms with van der Waals surface area (Å²) in [5, 5.41) is 15.5. The number of nitrogens with zero attached hydrogens (tertiary/aromatic N) is 3. The van der Waals surface area contributed by atoms with Crippen molar-refractivity contribution in [3.63, 3.8) is 0 Å². The minimum Gasteiger partial charge on any atom is -0.497 e. The molecule has 0 radical (unpaired) electrons. The van der Waals surface area contributed by atoms with Gasteiger partial charge in [0.1, 0.15) is 10.8 Å². The van der Waals surface area contributed by atoms with Gasteiger partial charge in [-0.2, -0.15) is 0 Å². The number of benzene rings is 2. The molecule has 31 heavy (non-hydrogen) atoms. The lowest BCUT2D eigenvalue weighted by molar-refractivity contribution is 0.102. The molecule has 1 amide bonds. The van der Waals surface area contributed by atoms with Crippen molar-refractivity contribution < 1.29 is 9.53 Å². The van der Waals surface area contributed by atoms with Crippen LogP contribution in [0.4, 0.5) is 5.69 Å².